The molecule has 1 heterocycles. The molecule has 7 heteroatoms. The molecule has 0 saturated heterocycles. The van der Waals surface area contributed by atoms with Crippen molar-refractivity contribution in [3.05, 3.63) is 111 Å². The minimum atomic E-state index is -0.279. The first-order valence-electron chi connectivity index (χ1n) is 9.64. The monoisotopic (exact) mass is 430 g/mol. The van der Waals surface area contributed by atoms with Gasteiger partial charge in [-0.3, -0.25) is 4.79 Å². The Morgan fingerprint density at radius 1 is 1.03 bits per heavy atom. The van der Waals surface area contributed by atoms with Gasteiger partial charge in [0, 0.05) is 5.02 Å². The van der Waals surface area contributed by atoms with Crippen molar-refractivity contribution in [3.8, 4) is 0 Å². The number of fused-ring (bicyclic) bond motifs is 1. The Kier molecular flexibility index (Phi) is 6.19. The summed E-state index contributed by atoms with van der Waals surface area (Å²) in [5, 5.41) is 9.62. The summed E-state index contributed by atoms with van der Waals surface area (Å²) in [5.41, 5.74) is 2.77. The average Bonchev–Trinajstić information content (AvgIpc) is 2.80. The molecule has 0 atom stereocenters. The number of oxime groups is 1. The third-order valence-electron chi connectivity index (χ3n) is 4.60. The van der Waals surface area contributed by atoms with Crippen LogP contribution in [0.25, 0.3) is 10.9 Å². The zero-order valence-electron chi connectivity index (χ0n) is 16.8. The highest BCUT2D eigenvalue weighted by molar-refractivity contribution is 6.30. The molecule has 4 aromatic rings. The highest BCUT2D eigenvalue weighted by Gasteiger charge is 2.11. The van der Waals surface area contributed by atoms with Crippen molar-refractivity contribution in [2.75, 3.05) is 0 Å². The van der Waals surface area contributed by atoms with Crippen LogP contribution < -0.4 is 5.56 Å². The van der Waals surface area contributed by atoms with Gasteiger partial charge in [0.15, 0.2) is 12.4 Å². The molecule has 6 nitrogen and oxygen atoms in total. The normalized spacial score (nSPS) is 11.9. The summed E-state index contributed by atoms with van der Waals surface area (Å²) in [6, 6.07) is 24.0. The smallest absolute Gasteiger partial charge is 0.282 e. The van der Waals surface area contributed by atoms with Crippen LogP contribution in [0.4, 0.5) is 0 Å². The third kappa shape index (κ3) is 4.87. The second kappa shape index (κ2) is 9.36. The van der Waals surface area contributed by atoms with E-state index in [2.05, 4.69) is 15.2 Å². The molecular weight excluding hydrogens is 412 g/mol. The molecule has 31 heavy (non-hydrogen) atoms. The summed E-state index contributed by atoms with van der Waals surface area (Å²) < 4.78 is 1.24. The SMILES string of the molecule is CC(=NOCc1nc2ccccc2c(=O)n1N=Cc1ccc(Cl)cc1)c1ccccc1. The van der Waals surface area contributed by atoms with Gasteiger partial charge in [0.1, 0.15) is 0 Å². The molecule has 154 valence electrons. The van der Waals surface area contributed by atoms with Crippen molar-refractivity contribution in [2.24, 2.45) is 10.3 Å². The van der Waals surface area contributed by atoms with Crippen LogP contribution in [0.15, 0.2) is 93.9 Å². The summed E-state index contributed by atoms with van der Waals surface area (Å²) >= 11 is 5.93. The van der Waals surface area contributed by atoms with E-state index in [-0.39, 0.29) is 12.2 Å². The maximum absolute atomic E-state index is 13.0. The minimum absolute atomic E-state index is 0.0117. The molecule has 0 radical (unpaired) electrons. The van der Waals surface area contributed by atoms with Crippen molar-refractivity contribution in [1.29, 1.82) is 0 Å². The lowest BCUT2D eigenvalue weighted by molar-refractivity contribution is 0.122. The molecule has 0 aliphatic rings. The van der Waals surface area contributed by atoms with Gasteiger partial charge in [-0.2, -0.15) is 9.78 Å². The second-order valence-electron chi connectivity index (χ2n) is 6.77. The first-order valence-corrected chi connectivity index (χ1v) is 10.0. The molecule has 0 spiro atoms. The molecule has 0 unspecified atom stereocenters. The van der Waals surface area contributed by atoms with Gasteiger partial charge in [-0.15, -0.1) is 0 Å². The average molecular weight is 431 g/mol. The Hall–Kier alpha value is -3.77. The lowest BCUT2D eigenvalue weighted by Crippen LogP contribution is -2.22. The predicted molar refractivity (Wildman–Crippen MR) is 124 cm³/mol. The van der Waals surface area contributed by atoms with Crippen LogP contribution in [0.5, 0.6) is 0 Å². The van der Waals surface area contributed by atoms with Crippen LogP contribution in [-0.4, -0.2) is 21.6 Å². The molecule has 0 aliphatic heterocycles. The zero-order chi connectivity index (χ0) is 21.6. The van der Waals surface area contributed by atoms with Gasteiger partial charge in [0.2, 0.25) is 0 Å². The quantitative estimate of drug-likeness (QED) is 0.323. The maximum Gasteiger partial charge on any atom is 0.282 e. The number of benzene rings is 3. The van der Waals surface area contributed by atoms with Crippen LogP contribution >= 0.6 is 11.6 Å². The lowest BCUT2D eigenvalue weighted by Gasteiger charge is -2.09. The topological polar surface area (TPSA) is 68.8 Å². The third-order valence-corrected chi connectivity index (χ3v) is 4.85. The summed E-state index contributed by atoms with van der Waals surface area (Å²) in [7, 11) is 0. The van der Waals surface area contributed by atoms with Crippen molar-refractivity contribution in [1.82, 2.24) is 9.66 Å². The Balaban J connectivity index is 1.67. The Morgan fingerprint density at radius 3 is 2.52 bits per heavy atom. The summed E-state index contributed by atoms with van der Waals surface area (Å²) in [5.74, 6) is 0.346. The number of hydrogen-bond acceptors (Lipinski definition) is 5. The van der Waals surface area contributed by atoms with E-state index in [0.717, 1.165) is 16.8 Å². The maximum atomic E-state index is 13.0. The van der Waals surface area contributed by atoms with E-state index in [9.17, 15) is 4.79 Å². The van der Waals surface area contributed by atoms with Crippen molar-refractivity contribution >= 4 is 34.4 Å². The highest BCUT2D eigenvalue weighted by Crippen LogP contribution is 2.11. The highest BCUT2D eigenvalue weighted by atomic mass is 35.5. The Bertz CT molecular complexity index is 1310. The van der Waals surface area contributed by atoms with Crippen molar-refractivity contribution in [2.45, 2.75) is 13.5 Å². The summed E-state index contributed by atoms with van der Waals surface area (Å²) in [6.45, 7) is 1.84. The van der Waals surface area contributed by atoms with Gasteiger partial charge in [-0.1, -0.05) is 71.4 Å². The molecule has 0 saturated carbocycles. The van der Waals surface area contributed by atoms with E-state index >= 15 is 0 Å². The standard InChI is InChI=1S/C24H19ClN4O2/c1-17(19-7-3-2-4-8-19)28-31-16-23-27-22-10-6-5-9-21(22)24(30)29(23)26-15-18-11-13-20(25)14-12-18/h2-15H,16H2,1H3. The molecule has 4 rings (SSSR count). The van der Waals surface area contributed by atoms with E-state index in [1.165, 1.54) is 4.68 Å². The van der Waals surface area contributed by atoms with E-state index in [4.69, 9.17) is 16.4 Å². The number of nitrogens with zero attached hydrogens (tertiary/aromatic N) is 4. The van der Waals surface area contributed by atoms with E-state index in [1.54, 1.807) is 36.5 Å². The molecule has 0 amide bonds. The molecule has 0 aliphatic carbocycles. The molecular formula is C24H19ClN4O2. The number of halogens is 1. The number of para-hydroxylation sites is 1. The van der Waals surface area contributed by atoms with E-state index in [1.807, 2.05) is 55.5 Å². The fourth-order valence-corrected chi connectivity index (χ4v) is 3.10. The predicted octanol–water partition coefficient (Wildman–Crippen LogP) is 4.87. The Morgan fingerprint density at radius 2 is 1.74 bits per heavy atom. The van der Waals surface area contributed by atoms with Crippen LogP contribution in [0.3, 0.4) is 0 Å². The molecule has 0 fully saturated rings. The van der Waals surface area contributed by atoms with Crippen LogP contribution in [0.2, 0.25) is 5.02 Å². The first-order chi connectivity index (χ1) is 15.1. The van der Waals surface area contributed by atoms with Crippen molar-refractivity contribution < 1.29 is 4.84 Å². The van der Waals surface area contributed by atoms with Crippen LogP contribution in [-0.2, 0) is 11.4 Å². The molecule has 3 aromatic carbocycles. The van der Waals surface area contributed by atoms with Gasteiger partial charge >= 0.3 is 0 Å². The number of rotatable bonds is 6. The van der Waals surface area contributed by atoms with E-state index < -0.39 is 0 Å². The molecule has 0 N–H and O–H groups in total. The Labute approximate surface area is 184 Å². The lowest BCUT2D eigenvalue weighted by atomic mass is 10.1. The fourth-order valence-electron chi connectivity index (χ4n) is 2.97. The van der Waals surface area contributed by atoms with Gasteiger partial charge < -0.3 is 4.84 Å². The summed E-state index contributed by atoms with van der Waals surface area (Å²) in [6.07, 6.45) is 1.58. The van der Waals surface area contributed by atoms with Crippen LogP contribution in [0, 0.1) is 0 Å². The van der Waals surface area contributed by atoms with Gasteiger partial charge in [-0.05, 0) is 42.3 Å². The van der Waals surface area contributed by atoms with E-state index in [0.29, 0.717) is 21.7 Å². The molecule has 1 aromatic heterocycles. The number of aromatic nitrogens is 2. The van der Waals surface area contributed by atoms with Crippen LogP contribution in [0.1, 0.15) is 23.9 Å². The van der Waals surface area contributed by atoms with Gasteiger partial charge in [0.25, 0.3) is 5.56 Å². The van der Waals surface area contributed by atoms with Gasteiger partial charge in [0.05, 0.1) is 22.8 Å². The minimum Gasteiger partial charge on any atom is -0.387 e. The van der Waals surface area contributed by atoms with Gasteiger partial charge in [-0.25, -0.2) is 4.98 Å². The number of hydrogen-bond donors (Lipinski definition) is 0. The second-order valence-corrected chi connectivity index (χ2v) is 7.21. The summed E-state index contributed by atoms with van der Waals surface area (Å²) in [4.78, 5) is 23.1. The zero-order valence-corrected chi connectivity index (χ0v) is 17.5. The first kappa shape index (κ1) is 20.5. The largest absolute Gasteiger partial charge is 0.387 e. The fraction of sp³-hybridized carbons (Fsp3) is 0.0833. The molecule has 0 bridgehead atoms. The van der Waals surface area contributed by atoms with Crippen molar-refractivity contribution in [3.63, 3.8) is 0 Å².